The van der Waals surface area contributed by atoms with Crippen molar-refractivity contribution in [1.29, 1.82) is 0 Å². The number of benzene rings is 2. The fourth-order valence-corrected chi connectivity index (χ4v) is 7.76. The number of aryl methyl sites for hydroxylation is 8. The lowest BCUT2D eigenvalue weighted by molar-refractivity contribution is -0.115. The van der Waals surface area contributed by atoms with Gasteiger partial charge in [-0.15, -0.1) is 0 Å². The monoisotopic (exact) mass is 688 g/mol. The maximum Gasteiger partial charge on any atom is 0.228 e. The summed E-state index contributed by atoms with van der Waals surface area (Å²) in [5, 5.41) is 23.6. The van der Waals surface area contributed by atoms with E-state index in [1.54, 1.807) is 0 Å². The Labute approximate surface area is 296 Å². The molecule has 2 aliphatic rings. The highest BCUT2D eigenvalue weighted by Crippen LogP contribution is 2.43. The zero-order chi connectivity index (χ0) is 35.8. The third kappa shape index (κ3) is 5.43. The summed E-state index contributed by atoms with van der Waals surface area (Å²) >= 11 is 5.44. The van der Waals surface area contributed by atoms with Crippen molar-refractivity contribution in [2.45, 2.75) is 68.2 Å². The second-order valence-electron chi connectivity index (χ2n) is 13.3. The number of aromatic nitrogens is 6. The Morgan fingerprint density at radius 1 is 0.620 bits per heavy atom. The summed E-state index contributed by atoms with van der Waals surface area (Å²) in [7, 11) is 3.92. The molecule has 2 N–H and O–H groups in total. The molecule has 0 aliphatic carbocycles. The van der Waals surface area contributed by atoms with Crippen molar-refractivity contribution in [3.05, 3.63) is 81.1 Å². The standard InChI is InChI=1S/C19H20N4O2.C19H20N4OS/c1-9-18(11(3)23(5)21-9)15-6-13(19-10(2)22-25-12(19)4)7-16-14(15)8-17(24)20-16;1-9-18(11(3)23(5)21-9)15-6-13(19-10(2)22-24-12(19)4)7-16-14(15)8-17(25)20-16/h6-7H,8H2,1-5H3,(H,20,24);6-7H,8H2,1-5H3,(H,20,25). The molecule has 1 amide bonds. The van der Waals surface area contributed by atoms with Crippen molar-refractivity contribution in [3.63, 3.8) is 0 Å². The molecular weight excluding hydrogens is 649 g/mol. The number of carbonyl (C=O) groups excluding carboxylic acids is 1. The Bertz CT molecular complexity index is 2180. The van der Waals surface area contributed by atoms with Crippen LogP contribution in [0.3, 0.4) is 0 Å². The minimum Gasteiger partial charge on any atom is -0.361 e. The summed E-state index contributed by atoms with van der Waals surface area (Å²) in [5.41, 5.74) is 18.7. The van der Waals surface area contributed by atoms with E-state index in [9.17, 15) is 4.79 Å². The van der Waals surface area contributed by atoms with E-state index in [0.29, 0.717) is 6.42 Å². The molecule has 256 valence electrons. The molecule has 12 heteroatoms. The molecule has 0 radical (unpaired) electrons. The van der Waals surface area contributed by atoms with E-state index >= 15 is 0 Å². The summed E-state index contributed by atoms with van der Waals surface area (Å²) in [4.78, 5) is 12.9. The van der Waals surface area contributed by atoms with Crippen molar-refractivity contribution in [3.8, 4) is 44.5 Å². The van der Waals surface area contributed by atoms with Gasteiger partial charge in [-0.2, -0.15) is 10.2 Å². The number of carbonyl (C=O) groups is 1. The predicted octanol–water partition coefficient (Wildman–Crippen LogP) is 7.74. The van der Waals surface area contributed by atoms with Crippen LogP contribution in [0.2, 0.25) is 0 Å². The van der Waals surface area contributed by atoms with Crippen LogP contribution in [0.4, 0.5) is 11.4 Å². The molecule has 4 aromatic heterocycles. The lowest BCUT2D eigenvalue weighted by Gasteiger charge is -2.12. The molecule has 0 saturated heterocycles. The Kier molecular flexibility index (Phi) is 8.09. The predicted molar refractivity (Wildman–Crippen MR) is 198 cm³/mol. The van der Waals surface area contributed by atoms with E-state index in [1.165, 1.54) is 16.7 Å². The smallest absolute Gasteiger partial charge is 0.228 e. The van der Waals surface area contributed by atoms with Gasteiger partial charge in [0.1, 0.15) is 11.5 Å². The average Bonchev–Trinajstić information content (AvgIpc) is 3.87. The number of amides is 1. The zero-order valence-corrected chi connectivity index (χ0v) is 30.9. The molecule has 2 aromatic carbocycles. The van der Waals surface area contributed by atoms with Gasteiger partial charge in [-0.05, 0) is 113 Å². The molecule has 0 fully saturated rings. The van der Waals surface area contributed by atoms with Crippen LogP contribution in [-0.4, -0.2) is 40.8 Å². The van der Waals surface area contributed by atoms with Gasteiger partial charge < -0.3 is 19.7 Å². The number of fused-ring (bicyclic) bond motifs is 2. The first-order chi connectivity index (χ1) is 23.7. The van der Waals surface area contributed by atoms with Crippen molar-refractivity contribution in [2.24, 2.45) is 14.1 Å². The Balaban J connectivity index is 0.000000157. The number of hydrogen-bond acceptors (Lipinski definition) is 8. The highest BCUT2D eigenvalue weighted by molar-refractivity contribution is 7.80. The van der Waals surface area contributed by atoms with Gasteiger partial charge in [0, 0.05) is 65.5 Å². The van der Waals surface area contributed by atoms with Gasteiger partial charge in [-0.1, -0.05) is 22.5 Å². The van der Waals surface area contributed by atoms with Crippen LogP contribution in [0, 0.1) is 55.4 Å². The molecule has 50 heavy (non-hydrogen) atoms. The Hall–Kier alpha value is -5.36. The Morgan fingerprint density at radius 2 is 1.06 bits per heavy atom. The minimum absolute atomic E-state index is 0.0198. The van der Waals surface area contributed by atoms with Gasteiger partial charge >= 0.3 is 0 Å². The number of nitrogens with one attached hydrogen (secondary N) is 2. The molecule has 6 heterocycles. The van der Waals surface area contributed by atoms with Gasteiger partial charge in [-0.3, -0.25) is 14.2 Å². The number of anilines is 2. The normalized spacial score (nSPS) is 13.2. The Morgan fingerprint density at radius 3 is 1.46 bits per heavy atom. The molecule has 2 aliphatic heterocycles. The van der Waals surface area contributed by atoms with Gasteiger partial charge in [0.25, 0.3) is 0 Å². The molecular formula is C38H40N8O3S. The van der Waals surface area contributed by atoms with Crippen molar-refractivity contribution in [1.82, 2.24) is 29.9 Å². The summed E-state index contributed by atoms with van der Waals surface area (Å²) in [6.07, 6.45) is 1.15. The lowest BCUT2D eigenvalue weighted by atomic mass is 9.91. The van der Waals surface area contributed by atoms with E-state index < -0.39 is 0 Å². The molecule has 0 unspecified atom stereocenters. The van der Waals surface area contributed by atoms with E-state index in [0.717, 1.165) is 107 Å². The molecule has 0 saturated carbocycles. The van der Waals surface area contributed by atoms with Crippen LogP contribution in [0.15, 0.2) is 33.3 Å². The van der Waals surface area contributed by atoms with Crippen molar-refractivity contribution in [2.75, 3.05) is 10.6 Å². The maximum absolute atomic E-state index is 12.0. The van der Waals surface area contributed by atoms with Crippen LogP contribution in [0.5, 0.6) is 0 Å². The minimum atomic E-state index is 0.0198. The summed E-state index contributed by atoms with van der Waals surface area (Å²) < 4.78 is 14.5. The molecule has 0 atom stereocenters. The molecule has 0 bridgehead atoms. The number of thiocarbonyl (C=S) groups is 1. The second-order valence-corrected chi connectivity index (χ2v) is 13.8. The third-order valence-electron chi connectivity index (χ3n) is 9.92. The second kappa shape index (κ2) is 12.2. The van der Waals surface area contributed by atoms with E-state index in [4.69, 9.17) is 21.3 Å². The third-order valence-corrected chi connectivity index (χ3v) is 10.2. The molecule has 6 aromatic rings. The summed E-state index contributed by atoms with van der Waals surface area (Å²) in [5.74, 6) is 1.61. The van der Waals surface area contributed by atoms with E-state index in [-0.39, 0.29) is 5.91 Å². The number of hydrogen-bond donors (Lipinski definition) is 2. The number of nitrogens with zero attached hydrogens (tertiary/aromatic N) is 6. The van der Waals surface area contributed by atoms with Crippen LogP contribution in [0.1, 0.15) is 56.8 Å². The van der Waals surface area contributed by atoms with E-state index in [2.05, 4.69) is 70.1 Å². The zero-order valence-electron chi connectivity index (χ0n) is 30.0. The van der Waals surface area contributed by atoms with E-state index in [1.807, 2.05) is 64.1 Å². The van der Waals surface area contributed by atoms with Crippen LogP contribution in [-0.2, 0) is 31.7 Å². The largest absolute Gasteiger partial charge is 0.361 e. The first-order valence-electron chi connectivity index (χ1n) is 16.5. The van der Waals surface area contributed by atoms with Crippen molar-refractivity contribution < 1.29 is 13.8 Å². The summed E-state index contributed by atoms with van der Waals surface area (Å²) in [6.45, 7) is 16.0. The van der Waals surface area contributed by atoms with Gasteiger partial charge in [-0.25, -0.2) is 0 Å². The fourth-order valence-electron chi connectivity index (χ4n) is 7.51. The SMILES string of the molecule is Cc1noc(C)c1-c1cc2c(c(-c3c(C)nn(C)c3C)c1)CC(=O)N2.Cc1noc(C)c1-c1cc2c(c(-c3c(C)nn(C)c3C)c1)CC(=S)N2. The van der Waals surface area contributed by atoms with Crippen molar-refractivity contribution >= 4 is 34.5 Å². The van der Waals surface area contributed by atoms with Gasteiger partial charge in [0.2, 0.25) is 5.91 Å². The van der Waals surface area contributed by atoms with Crippen LogP contribution < -0.4 is 10.6 Å². The van der Waals surface area contributed by atoms with Crippen LogP contribution >= 0.6 is 12.2 Å². The first kappa shape index (κ1) is 33.2. The quantitative estimate of drug-likeness (QED) is 0.179. The summed E-state index contributed by atoms with van der Waals surface area (Å²) in [6, 6.07) is 8.50. The highest BCUT2D eigenvalue weighted by atomic mass is 32.1. The first-order valence-corrected chi connectivity index (χ1v) is 16.9. The van der Waals surface area contributed by atoms with Crippen LogP contribution in [0.25, 0.3) is 44.5 Å². The fraction of sp³-hybridized carbons (Fsp3) is 0.316. The van der Waals surface area contributed by atoms with Gasteiger partial charge in [0.05, 0.1) is 34.2 Å². The van der Waals surface area contributed by atoms with Gasteiger partial charge in [0.15, 0.2) is 0 Å². The molecule has 8 rings (SSSR count). The maximum atomic E-state index is 12.0. The topological polar surface area (TPSA) is 129 Å². The number of rotatable bonds is 4. The average molecular weight is 689 g/mol. The molecule has 11 nitrogen and oxygen atoms in total. The lowest BCUT2D eigenvalue weighted by Crippen LogP contribution is -2.03. The molecule has 0 spiro atoms. The highest BCUT2D eigenvalue weighted by Gasteiger charge is 2.28.